The molecule has 0 spiro atoms. The van der Waals surface area contributed by atoms with Gasteiger partial charge in [0.1, 0.15) is 11.4 Å². The molecule has 1 N–H and O–H groups in total. The summed E-state index contributed by atoms with van der Waals surface area (Å²) in [4.78, 5) is 10.9. The van der Waals surface area contributed by atoms with Crippen molar-refractivity contribution in [2.24, 2.45) is 0 Å². The minimum absolute atomic E-state index is 0.0633. The molecular weight excluding hydrogens is 288 g/mol. The Hall–Kier alpha value is -2.00. The second-order valence-electron chi connectivity index (χ2n) is 5.41. The van der Waals surface area contributed by atoms with Crippen molar-refractivity contribution < 1.29 is 14.6 Å². The van der Waals surface area contributed by atoms with E-state index in [1.54, 1.807) is 6.07 Å². The summed E-state index contributed by atoms with van der Waals surface area (Å²) in [6, 6.07) is 13.4. The van der Waals surface area contributed by atoms with E-state index in [4.69, 9.17) is 21.4 Å². The van der Waals surface area contributed by atoms with Gasteiger partial charge < -0.3 is 9.84 Å². The molecular formula is C17H15ClO3. The van der Waals surface area contributed by atoms with Crippen molar-refractivity contribution in [2.75, 3.05) is 0 Å². The van der Waals surface area contributed by atoms with Gasteiger partial charge in [-0.3, -0.25) is 4.79 Å². The first-order valence-electron chi connectivity index (χ1n) is 6.80. The Bertz CT molecular complexity index is 711. The Kier molecular flexibility index (Phi) is 3.38. The molecule has 2 aromatic rings. The van der Waals surface area contributed by atoms with Crippen molar-refractivity contribution in [1.82, 2.24) is 0 Å². The van der Waals surface area contributed by atoms with Crippen molar-refractivity contribution in [3.05, 3.63) is 53.1 Å². The summed E-state index contributed by atoms with van der Waals surface area (Å²) in [6.07, 6.45) is 0.481. The molecule has 0 aliphatic carbocycles. The molecule has 0 radical (unpaired) electrons. The third-order valence-electron chi connectivity index (χ3n) is 3.88. The topological polar surface area (TPSA) is 46.5 Å². The molecule has 0 bridgehead atoms. The number of ether oxygens (including phenoxy) is 1. The summed E-state index contributed by atoms with van der Waals surface area (Å²) in [6.45, 7) is 1.94. The van der Waals surface area contributed by atoms with Gasteiger partial charge in [-0.2, -0.15) is 0 Å². The van der Waals surface area contributed by atoms with Crippen LogP contribution in [0.2, 0.25) is 5.02 Å². The summed E-state index contributed by atoms with van der Waals surface area (Å²) in [5.74, 6) is -0.0785. The molecule has 2 aromatic carbocycles. The van der Waals surface area contributed by atoms with Crippen LogP contribution >= 0.6 is 11.6 Å². The van der Waals surface area contributed by atoms with Gasteiger partial charge in [0.2, 0.25) is 0 Å². The van der Waals surface area contributed by atoms with Crippen molar-refractivity contribution in [3.63, 3.8) is 0 Å². The third kappa shape index (κ3) is 2.49. The fourth-order valence-electron chi connectivity index (χ4n) is 2.81. The van der Waals surface area contributed by atoms with Crippen molar-refractivity contribution >= 4 is 17.6 Å². The largest absolute Gasteiger partial charge is 0.482 e. The highest BCUT2D eigenvalue weighted by Crippen LogP contribution is 2.47. The predicted octanol–water partition coefficient (Wildman–Crippen LogP) is 4.48. The SMILES string of the molecule is CC1(CCC(=O)O)Oc2ccc(Cl)cc2-c2ccccc21. The number of carbonyl (C=O) groups is 1. The fourth-order valence-corrected chi connectivity index (χ4v) is 2.98. The van der Waals surface area contributed by atoms with Crippen molar-refractivity contribution in [2.45, 2.75) is 25.4 Å². The molecule has 3 rings (SSSR count). The normalized spacial score (nSPS) is 19.3. The third-order valence-corrected chi connectivity index (χ3v) is 4.11. The minimum Gasteiger partial charge on any atom is -0.482 e. The summed E-state index contributed by atoms with van der Waals surface area (Å²) in [5.41, 5.74) is 2.36. The molecule has 4 heteroatoms. The molecule has 1 aliphatic heterocycles. The molecule has 108 valence electrons. The number of halogens is 1. The van der Waals surface area contributed by atoms with Gasteiger partial charge in [0.25, 0.3) is 0 Å². The highest BCUT2D eigenvalue weighted by Gasteiger charge is 2.36. The zero-order chi connectivity index (χ0) is 15.0. The molecule has 0 amide bonds. The van der Waals surface area contributed by atoms with E-state index in [0.717, 1.165) is 22.4 Å². The second-order valence-corrected chi connectivity index (χ2v) is 5.85. The van der Waals surface area contributed by atoms with E-state index in [2.05, 4.69) is 0 Å². The lowest BCUT2D eigenvalue weighted by Crippen LogP contribution is -2.33. The number of rotatable bonds is 3. The number of hydrogen-bond donors (Lipinski definition) is 1. The van der Waals surface area contributed by atoms with Crippen molar-refractivity contribution in [3.8, 4) is 16.9 Å². The molecule has 0 fully saturated rings. The highest BCUT2D eigenvalue weighted by atomic mass is 35.5. The first-order chi connectivity index (χ1) is 9.99. The number of carboxylic acid groups (broad SMARTS) is 1. The van der Waals surface area contributed by atoms with Gasteiger partial charge >= 0.3 is 5.97 Å². The zero-order valence-corrected chi connectivity index (χ0v) is 12.4. The fraction of sp³-hybridized carbons (Fsp3) is 0.235. The van der Waals surface area contributed by atoms with Crippen LogP contribution in [0.3, 0.4) is 0 Å². The first kappa shape index (κ1) is 14.0. The summed E-state index contributed by atoms with van der Waals surface area (Å²) < 4.78 is 6.13. The van der Waals surface area contributed by atoms with Crippen LogP contribution in [0.1, 0.15) is 25.3 Å². The van der Waals surface area contributed by atoms with Crippen LogP contribution in [0.15, 0.2) is 42.5 Å². The van der Waals surface area contributed by atoms with Gasteiger partial charge in [0.15, 0.2) is 0 Å². The molecule has 1 heterocycles. The Morgan fingerprint density at radius 2 is 2.00 bits per heavy atom. The van der Waals surface area contributed by atoms with E-state index in [9.17, 15) is 4.79 Å². The monoisotopic (exact) mass is 302 g/mol. The minimum atomic E-state index is -0.820. The molecule has 3 nitrogen and oxygen atoms in total. The lowest BCUT2D eigenvalue weighted by Gasteiger charge is -2.37. The number of fused-ring (bicyclic) bond motifs is 3. The maximum Gasteiger partial charge on any atom is 0.303 e. The zero-order valence-electron chi connectivity index (χ0n) is 11.6. The van der Waals surface area contributed by atoms with Crippen LogP contribution in [-0.2, 0) is 10.4 Å². The standard InChI is InChI=1S/C17H15ClO3/c1-17(9-8-16(19)20)14-5-3-2-4-12(14)13-10-11(18)6-7-15(13)21-17/h2-7,10H,8-9H2,1H3,(H,19,20). The lowest BCUT2D eigenvalue weighted by molar-refractivity contribution is -0.138. The number of benzene rings is 2. The van der Waals surface area contributed by atoms with Crippen LogP contribution in [0.25, 0.3) is 11.1 Å². The Labute approximate surface area is 128 Å². The van der Waals surface area contributed by atoms with E-state index < -0.39 is 11.6 Å². The summed E-state index contributed by atoms with van der Waals surface area (Å²) in [5, 5.41) is 9.62. The van der Waals surface area contributed by atoms with Crippen LogP contribution in [0, 0.1) is 0 Å². The van der Waals surface area contributed by atoms with E-state index in [1.807, 2.05) is 43.3 Å². The van der Waals surface area contributed by atoms with Gasteiger partial charge in [0, 0.05) is 29.0 Å². The smallest absolute Gasteiger partial charge is 0.303 e. The van der Waals surface area contributed by atoms with Crippen LogP contribution in [0.5, 0.6) is 5.75 Å². The molecule has 0 saturated heterocycles. The first-order valence-corrected chi connectivity index (χ1v) is 7.18. The van der Waals surface area contributed by atoms with E-state index in [1.165, 1.54) is 0 Å². The molecule has 1 aliphatic rings. The quantitative estimate of drug-likeness (QED) is 0.909. The van der Waals surface area contributed by atoms with Crippen LogP contribution < -0.4 is 4.74 Å². The number of hydrogen-bond acceptors (Lipinski definition) is 2. The van der Waals surface area contributed by atoms with Crippen LogP contribution in [0.4, 0.5) is 0 Å². The summed E-state index contributed by atoms with van der Waals surface area (Å²) >= 11 is 6.08. The van der Waals surface area contributed by atoms with Gasteiger partial charge in [0.05, 0.1) is 0 Å². The average molecular weight is 303 g/mol. The molecule has 0 saturated carbocycles. The summed E-state index contributed by atoms with van der Waals surface area (Å²) in [7, 11) is 0. The number of aliphatic carboxylic acids is 1. The molecule has 0 aromatic heterocycles. The van der Waals surface area contributed by atoms with Gasteiger partial charge in [-0.15, -0.1) is 0 Å². The highest BCUT2D eigenvalue weighted by molar-refractivity contribution is 6.31. The van der Waals surface area contributed by atoms with Gasteiger partial charge in [-0.25, -0.2) is 0 Å². The van der Waals surface area contributed by atoms with Gasteiger partial charge in [-0.05, 0) is 30.7 Å². The average Bonchev–Trinajstić information content (AvgIpc) is 2.47. The Balaban J connectivity index is 2.12. The second kappa shape index (κ2) is 5.08. The molecule has 1 atom stereocenters. The lowest BCUT2D eigenvalue weighted by atomic mass is 9.82. The predicted molar refractivity (Wildman–Crippen MR) is 81.7 cm³/mol. The van der Waals surface area contributed by atoms with Gasteiger partial charge in [-0.1, -0.05) is 35.9 Å². The van der Waals surface area contributed by atoms with Crippen LogP contribution in [-0.4, -0.2) is 11.1 Å². The van der Waals surface area contributed by atoms with E-state index >= 15 is 0 Å². The Morgan fingerprint density at radius 1 is 1.24 bits per heavy atom. The Morgan fingerprint density at radius 3 is 2.76 bits per heavy atom. The maximum absolute atomic E-state index is 10.9. The maximum atomic E-state index is 10.9. The molecule has 21 heavy (non-hydrogen) atoms. The van der Waals surface area contributed by atoms with E-state index in [0.29, 0.717) is 11.4 Å². The van der Waals surface area contributed by atoms with E-state index in [-0.39, 0.29) is 6.42 Å². The van der Waals surface area contributed by atoms with Crippen molar-refractivity contribution in [1.29, 1.82) is 0 Å². The number of carboxylic acids is 1. The molecule has 1 unspecified atom stereocenters.